The quantitative estimate of drug-likeness (QED) is 0.0548. The Labute approximate surface area is 247 Å². The number of rotatable bonds is 12. The first-order valence-corrected chi connectivity index (χ1v) is 18.6. The van der Waals surface area contributed by atoms with Crippen LogP contribution in [0.25, 0.3) is 11.0 Å². The topological polar surface area (TPSA) is 281 Å². The van der Waals surface area contributed by atoms with Crippen LogP contribution in [0.1, 0.15) is 39.0 Å². The average molecular weight is 694 g/mol. The number of H-pyrrole nitrogens is 1. The molecule has 18 nitrogen and oxygen atoms in total. The van der Waals surface area contributed by atoms with Gasteiger partial charge in [0.15, 0.2) is 5.65 Å². The van der Waals surface area contributed by atoms with E-state index in [-0.39, 0.29) is 40.6 Å². The van der Waals surface area contributed by atoms with E-state index < -0.39 is 54.1 Å². The van der Waals surface area contributed by atoms with Gasteiger partial charge in [0.25, 0.3) is 5.56 Å². The molecule has 236 valence electrons. The Bertz CT molecular complexity index is 1550. The number of aromatic amines is 1. The van der Waals surface area contributed by atoms with Crippen molar-refractivity contribution in [3.63, 3.8) is 0 Å². The van der Waals surface area contributed by atoms with E-state index >= 15 is 0 Å². The standard InChI is InChI=1S/C19H30N5O13P3S2/c1-19(2,3)42-41-10-33-12-7-14(24-8-11(5-4-6-20)15-16(24)22-18(21)23-17(15)25)35-13(12)9-34-39(29,30)37-40(31,32)36-38(26,27)28/h8,12-14H,6-7,9-10,20H2,1-3H3,(H,29,30)(H,31,32)(H2,26,27,28)(H3,21,22,23,25)/t12-,13?,14-/m1/s1. The number of phosphoric ester groups is 1. The van der Waals surface area contributed by atoms with Crippen molar-refractivity contribution < 1.29 is 55.9 Å². The maximum absolute atomic E-state index is 12.7. The van der Waals surface area contributed by atoms with E-state index in [1.165, 1.54) is 21.6 Å². The maximum atomic E-state index is 12.7. The van der Waals surface area contributed by atoms with Crippen LogP contribution in [0.15, 0.2) is 11.0 Å². The molecule has 0 radical (unpaired) electrons. The minimum Gasteiger partial charge on any atom is -0.369 e. The van der Waals surface area contributed by atoms with Gasteiger partial charge in [-0.1, -0.05) is 54.2 Å². The zero-order chi connectivity index (χ0) is 31.5. The number of hydrogen-bond donors (Lipinski definition) is 7. The third kappa shape index (κ3) is 10.4. The van der Waals surface area contributed by atoms with Crippen LogP contribution in [-0.4, -0.2) is 70.2 Å². The highest BCUT2D eigenvalue weighted by Gasteiger charge is 2.43. The number of aromatic nitrogens is 3. The Morgan fingerprint density at radius 2 is 1.90 bits per heavy atom. The molecule has 0 saturated carbocycles. The summed E-state index contributed by atoms with van der Waals surface area (Å²) in [7, 11) is -13.7. The van der Waals surface area contributed by atoms with E-state index in [0.29, 0.717) is 5.56 Å². The minimum atomic E-state index is -5.71. The summed E-state index contributed by atoms with van der Waals surface area (Å²) in [5.41, 5.74) is 11.1. The highest BCUT2D eigenvalue weighted by atomic mass is 33.1. The van der Waals surface area contributed by atoms with E-state index in [1.807, 2.05) is 20.8 Å². The van der Waals surface area contributed by atoms with Crippen LogP contribution in [0.2, 0.25) is 0 Å². The predicted molar refractivity (Wildman–Crippen MR) is 154 cm³/mol. The summed E-state index contributed by atoms with van der Waals surface area (Å²) in [6.45, 7) is 5.31. The van der Waals surface area contributed by atoms with Gasteiger partial charge in [-0.15, -0.1) is 0 Å². The molecule has 2 aromatic rings. The van der Waals surface area contributed by atoms with E-state index in [4.69, 9.17) is 35.3 Å². The van der Waals surface area contributed by atoms with Gasteiger partial charge in [-0.3, -0.25) is 14.3 Å². The monoisotopic (exact) mass is 693 g/mol. The van der Waals surface area contributed by atoms with Crippen LogP contribution in [0.4, 0.5) is 5.95 Å². The van der Waals surface area contributed by atoms with Gasteiger partial charge in [0.1, 0.15) is 18.3 Å². The molecule has 1 aliphatic heterocycles. The van der Waals surface area contributed by atoms with Crippen molar-refractivity contribution in [2.75, 3.05) is 24.8 Å². The summed E-state index contributed by atoms with van der Waals surface area (Å²) < 4.78 is 60.5. The van der Waals surface area contributed by atoms with Crippen molar-refractivity contribution in [1.82, 2.24) is 14.5 Å². The first kappa shape index (κ1) is 35.3. The number of hydrogen-bond acceptors (Lipinski definition) is 14. The van der Waals surface area contributed by atoms with Gasteiger partial charge in [-0.2, -0.15) is 13.6 Å². The molecule has 3 heterocycles. The molecule has 0 spiro atoms. The molecule has 23 heteroatoms. The van der Waals surface area contributed by atoms with E-state index in [2.05, 4.69) is 30.4 Å². The summed E-state index contributed by atoms with van der Waals surface area (Å²) in [5.74, 6) is 5.45. The lowest BCUT2D eigenvalue weighted by molar-refractivity contribution is -0.0520. The maximum Gasteiger partial charge on any atom is 0.490 e. The number of anilines is 1. The zero-order valence-corrected chi connectivity index (χ0v) is 26.6. The lowest BCUT2D eigenvalue weighted by Crippen LogP contribution is -2.29. The summed E-state index contributed by atoms with van der Waals surface area (Å²) >= 11 is 0. The third-order valence-electron chi connectivity index (χ3n) is 4.97. The van der Waals surface area contributed by atoms with Crippen LogP contribution >= 0.6 is 45.1 Å². The van der Waals surface area contributed by atoms with E-state index in [1.54, 1.807) is 10.8 Å². The van der Waals surface area contributed by atoms with Crippen molar-refractivity contribution >= 4 is 62.0 Å². The van der Waals surface area contributed by atoms with E-state index in [9.17, 15) is 28.3 Å². The van der Waals surface area contributed by atoms with Crippen molar-refractivity contribution in [3.05, 3.63) is 22.1 Å². The molecule has 2 aromatic heterocycles. The molecule has 1 saturated heterocycles. The van der Waals surface area contributed by atoms with E-state index in [0.717, 1.165) is 0 Å². The lowest BCUT2D eigenvalue weighted by atomic mass is 10.2. The van der Waals surface area contributed by atoms with Crippen LogP contribution in [0, 0.1) is 11.8 Å². The van der Waals surface area contributed by atoms with Crippen LogP contribution in [0.5, 0.6) is 0 Å². The Kier molecular flexibility index (Phi) is 11.6. The second kappa shape index (κ2) is 13.8. The zero-order valence-electron chi connectivity index (χ0n) is 22.3. The summed E-state index contributed by atoms with van der Waals surface area (Å²) in [5, 5.41) is 0.125. The Morgan fingerprint density at radius 3 is 2.52 bits per heavy atom. The molecule has 0 amide bonds. The molecular weight excluding hydrogens is 663 g/mol. The number of fused-ring (bicyclic) bond motifs is 1. The molecule has 42 heavy (non-hydrogen) atoms. The fraction of sp³-hybridized carbons (Fsp3) is 0.579. The van der Waals surface area contributed by atoms with Gasteiger partial charge in [0.2, 0.25) is 5.95 Å². The van der Waals surface area contributed by atoms with Crippen molar-refractivity contribution in [3.8, 4) is 11.8 Å². The first-order valence-electron chi connectivity index (χ1n) is 11.7. The number of ether oxygens (including phenoxy) is 2. The highest BCUT2D eigenvalue weighted by molar-refractivity contribution is 8.77. The Morgan fingerprint density at radius 1 is 1.21 bits per heavy atom. The average Bonchev–Trinajstić information content (AvgIpc) is 3.37. The van der Waals surface area contributed by atoms with Crippen LogP contribution in [0.3, 0.4) is 0 Å². The molecule has 0 aromatic carbocycles. The van der Waals surface area contributed by atoms with Crippen molar-refractivity contribution in [1.29, 1.82) is 0 Å². The SMILES string of the molecule is CC(C)(C)SSCO[C@@H]1C[C@H](n2cc(C#CCN)c3c(=O)[nH]c(N)nc32)OC1COP(=O)(O)OP(=O)(O)OP(=O)(O)O. The predicted octanol–water partition coefficient (Wildman–Crippen LogP) is 1.77. The molecule has 9 N–H and O–H groups in total. The fourth-order valence-corrected chi connectivity index (χ4v) is 8.65. The molecule has 3 rings (SSSR count). The van der Waals surface area contributed by atoms with Crippen LogP contribution in [-0.2, 0) is 36.3 Å². The number of nitrogens with two attached hydrogens (primary N) is 2. The smallest absolute Gasteiger partial charge is 0.369 e. The van der Waals surface area contributed by atoms with Gasteiger partial charge in [-0.05, 0) is 0 Å². The van der Waals surface area contributed by atoms with Crippen LogP contribution < -0.4 is 17.0 Å². The summed E-state index contributed by atoms with van der Waals surface area (Å²) in [6, 6.07) is 0. The second-order valence-electron chi connectivity index (χ2n) is 9.49. The van der Waals surface area contributed by atoms with Gasteiger partial charge in [-0.25, -0.2) is 13.7 Å². The summed E-state index contributed by atoms with van der Waals surface area (Å²) in [6.07, 6.45) is -1.13. The minimum absolute atomic E-state index is 0.0235. The molecule has 1 fully saturated rings. The Balaban J connectivity index is 1.86. The fourth-order valence-electron chi connectivity index (χ4n) is 3.62. The Hall–Kier alpha value is -1.23. The third-order valence-corrected chi connectivity index (χ3v) is 11.8. The largest absolute Gasteiger partial charge is 0.490 e. The van der Waals surface area contributed by atoms with Gasteiger partial charge in [0.05, 0.1) is 30.2 Å². The normalized spacial score (nSPS) is 22.4. The van der Waals surface area contributed by atoms with Gasteiger partial charge < -0.3 is 45.1 Å². The highest BCUT2D eigenvalue weighted by Crippen LogP contribution is 2.66. The molecular formula is C19H30N5O13P3S2. The molecule has 1 aliphatic rings. The van der Waals surface area contributed by atoms with Gasteiger partial charge >= 0.3 is 23.5 Å². The number of nitrogens with zero attached hydrogens (tertiary/aromatic N) is 2. The number of phosphoric acid groups is 3. The van der Waals surface area contributed by atoms with Gasteiger partial charge in [0, 0.05) is 17.4 Å². The van der Waals surface area contributed by atoms with Crippen molar-refractivity contribution in [2.45, 2.75) is 50.4 Å². The lowest BCUT2D eigenvalue weighted by Gasteiger charge is -2.22. The summed E-state index contributed by atoms with van der Waals surface area (Å²) in [4.78, 5) is 56.0. The molecule has 0 aliphatic carbocycles. The molecule has 3 unspecified atom stereocenters. The van der Waals surface area contributed by atoms with Crippen molar-refractivity contribution in [2.24, 2.45) is 5.73 Å². The first-order chi connectivity index (χ1) is 19.3. The second-order valence-corrected chi connectivity index (χ2v) is 17.0. The molecule has 5 atom stereocenters. The molecule has 0 bridgehead atoms. The number of nitrogens with one attached hydrogen (secondary N) is 1. The number of nitrogen functional groups attached to an aromatic ring is 1.